The minimum atomic E-state index is -0.0982. The first kappa shape index (κ1) is 34.7. The Bertz CT molecular complexity index is 3350. The van der Waals surface area contributed by atoms with Crippen LogP contribution in [0.3, 0.4) is 0 Å². The van der Waals surface area contributed by atoms with Crippen molar-refractivity contribution in [3.8, 4) is 27.9 Å². The monoisotopic (exact) mass is 770 g/mol. The summed E-state index contributed by atoms with van der Waals surface area (Å²) in [5.74, 6) is 0.358. The second kappa shape index (κ2) is 13.3. The largest absolute Gasteiger partial charge is 0.455 e. The van der Waals surface area contributed by atoms with Gasteiger partial charge in [-0.05, 0) is 88.3 Å². The number of furan rings is 1. The summed E-state index contributed by atoms with van der Waals surface area (Å²) >= 11 is 0. The van der Waals surface area contributed by atoms with Crippen LogP contribution in [-0.2, 0) is 5.41 Å². The Morgan fingerprint density at radius 2 is 1.18 bits per heavy atom. The van der Waals surface area contributed by atoms with Crippen LogP contribution in [-0.4, -0.2) is 4.57 Å². The number of aromatic nitrogens is 1. The smallest absolute Gasteiger partial charge is 0.145 e. The predicted molar refractivity (Wildman–Crippen MR) is 251 cm³/mol. The second-order valence-corrected chi connectivity index (χ2v) is 16.8. The Balaban J connectivity index is 1.16. The molecule has 0 amide bonds. The van der Waals surface area contributed by atoms with E-state index in [1.165, 1.54) is 44.7 Å². The van der Waals surface area contributed by atoms with E-state index in [9.17, 15) is 0 Å². The van der Waals surface area contributed by atoms with Crippen molar-refractivity contribution >= 4 is 55.1 Å². The van der Waals surface area contributed by atoms with Crippen molar-refractivity contribution in [2.45, 2.75) is 31.6 Å². The fourth-order valence-corrected chi connectivity index (χ4v) is 10.3. The highest BCUT2D eigenvalue weighted by Crippen LogP contribution is 2.55. The zero-order chi connectivity index (χ0) is 40.0. The Hall–Kier alpha value is -7.36. The number of allylic oxidation sites excluding steroid dienone is 3. The molecule has 0 fully saturated rings. The quantitative estimate of drug-likeness (QED) is 0.168. The molecule has 0 bridgehead atoms. The van der Waals surface area contributed by atoms with Gasteiger partial charge in [-0.25, -0.2) is 0 Å². The van der Waals surface area contributed by atoms with Crippen LogP contribution in [0, 0.1) is 0 Å². The summed E-state index contributed by atoms with van der Waals surface area (Å²) in [6.07, 6.45) is 5.91. The molecule has 3 nitrogen and oxygen atoms in total. The molecule has 0 N–H and O–H groups in total. The highest BCUT2D eigenvalue weighted by molar-refractivity contribution is 6.27. The molecule has 1 unspecified atom stereocenters. The third kappa shape index (κ3) is 5.22. The molecular formula is C57H42N2O. The van der Waals surface area contributed by atoms with Gasteiger partial charge >= 0.3 is 0 Å². The summed E-state index contributed by atoms with van der Waals surface area (Å²) in [5.41, 5.74) is 17.6. The lowest BCUT2D eigenvalue weighted by atomic mass is 9.78. The second-order valence-electron chi connectivity index (χ2n) is 16.8. The van der Waals surface area contributed by atoms with Crippen LogP contribution < -0.4 is 4.90 Å². The average molecular weight is 771 g/mol. The van der Waals surface area contributed by atoms with Crippen molar-refractivity contribution in [1.82, 2.24) is 4.57 Å². The highest BCUT2D eigenvalue weighted by Gasteiger charge is 2.42. The maximum atomic E-state index is 6.91. The third-order valence-corrected chi connectivity index (χ3v) is 13.2. The van der Waals surface area contributed by atoms with Crippen LogP contribution in [0.5, 0.6) is 0 Å². The Labute approximate surface area is 349 Å². The molecule has 0 saturated carbocycles. The molecule has 286 valence electrons. The molecule has 60 heavy (non-hydrogen) atoms. The van der Waals surface area contributed by atoms with Gasteiger partial charge in [-0.3, -0.25) is 0 Å². The maximum Gasteiger partial charge on any atom is 0.145 e. The third-order valence-electron chi connectivity index (χ3n) is 13.2. The Kier molecular flexibility index (Phi) is 7.71. The van der Waals surface area contributed by atoms with Crippen LogP contribution in [0.15, 0.2) is 216 Å². The number of nitrogens with zero attached hydrogens (tertiary/aromatic N) is 2. The summed E-state index contributed by atoms with van der Waals surface area (Å²) < 4.78 is 9.37. The van der Waals surface area contributed by atoms with E-state index in [4.69, 9.17) is 4.42 Å². The lowest BCUT2D eigenvalue weighted by Gasteiger charge is -2.33. The first-order valence-corrected chi connectivity index (χ1v) is 21.0. The van der Waals surface area contributed by atoms with Gasteiger partial charge in [0.25, 0.3) is 0 Å². The number of rotatable bonds is 6. The summed E-state index contributed by atoms with van der Waals surface area (Å²) in [6.45, 7) is 4.80. The molecule has 2 aliphatic carbocycles. The molecule has 0 aliphatic heterocycles. The van der Waals surface area contributed by atoms with Gasteiger partial charge in [0.15, 0.2) is 0 Å². The van der Waals surface area contributed by atoms with E-state index >= 15 is 0 Å². The fourth-order valence-electron chi connectivity index (χ4n) is 10.3. The predicted octanol–water partition coefficient (Wildman–Crippen LogP) is 15.4. The topological polar surface area (TPSA) is 21.3 Å². The van der Waals surface area contributed by atoms with E-state index in [1.807, 2.05) is 0 Å². The van der Waals surface area contributed by atoms with Gasteiger partial charge in [0.2, 0.25) is 0 Å². The van der Waals surface area contributed by atoms with E-state index in [-0.39, 0.29) is 5.41 Å². The van der Waals surface area contributed by atoms with Crippen LogP contribution >= 0.6 is 0 Å². The van der Waals surface area contributed by atoms with E-state index in [2.05, 4.69) is 224 Å². The SMILES string of the molecule is CC1(C)C2=CC(N(c3ccc(-c4ccccc4)cc3)c3cc4c5ccccc5oc4c4c5ccccc5n(-c5ccc(-c6ccccc6)cc5)c34)=CCC2c2ccccc21. The van der Waals surface area contributed by atoms with Crippen molar-refractivity contribution in [3.05, 3.63) is 223 Å². The summed E-state index contributed by atoms with van der Waals surface area (Å²) in [7, 11) is 0. The minimum absolute atomic E-state index is 0.0982. The zero-order valence-electron chi connectivity index (χ0n) is 33.6. The molecule has 10 aromatic rings. The fraction of sp³-hybridized carbons (Fsp3) is 0.0877. The number of anilines is 2. The minimum Gasteiger partial charge on any atom is -0.455 e. The number of benzene rings is 8. The molecule has 1 atom stereocenters. The lowest BCUT2D eigenvalue weighted by Crippen LogP contribution is -2.23. The molecule has 0 saturated heterocycles. The van der Waals surface area contributed by atoms with Crippen molar-refractivity contribution in [3.63, 3.8) is 0 Å². The van der Waals surface area contributed by atoms with Gasteiger partial charge in [-0.2, -0.15) is 0 Å². The van der Waals surface area contributed by atoms with Crippen molar-refractivity contribution < 1.29 is 4.42 Å². The standard InChI is InChI=1S/C57H42N2O/c1-57(2)49-22-12-9-19-44(49)45-34-33-43(35-50(45)57)58(41-29-25-39(26-30-41)37-15-5-3-6-16-37)52-36-48-46-20-11-14-24-53(46)60-56(48)54-47-21-10-13-23-51(47)59(55(52)54)42-31-27-40(28-32-42)38-17-7-4-8-18-38/h3-33,35-36,45H,34H2,1-2H3. The van der Waals surface area contributed by atoms with Crippen molar-refractivity contribution in [2.75, 3.05) is 4.90 Å². The molecule has 0 spiro atoms. The molecule has 8 aromatic carbocycles. The van der Waals surface area contributed by atoms with Gasteiger partial charge in [0, 0.05) is 44.6 Å². The normalized spacial score (nSPS) is 15.6. The molecule has 12 rings (SSSR count). The van der Waals surface area contributed by atoms with Crippen LogP contribution in [0.2, 0.25) is 0 Å². The van der Waals surface area contributed by atoms with Crippen molar-refractivity contribution in [2.24, 2.45) is 0 Å². The van der Waals surface area contributed by atoms with E-state index in [1.54, 1.807) is 0 Å². The molecule has 2 heterocycles. The van der Waals surface area contributed by atoms with Gasteiger partial charge < -0.3 is 13.9 Å². The van der Waals surface area contributed by atoms with E-state index in [0.717, 1.165) is 67.2 Å². The van der Waals surface area contributed by atoms with Crippen LogP contribution in [0.4, 0.5) is 11.4 Å². The molecule has 2 aliphatic rings. The summed E-state index contributed by atoms with van der Waals surface area (Å²) in [5, 5.41) is 4.50. The van der Waals surface area contributed by atoms with Crippen molar-refractivity contribution in [1.29, 1.82) is 0 Å². The van der Waals surface area contributed by atoms with Gasteiger partial charge in [-0.15, -0.1) is 0 Å². The molecule has 3 heteroatoms. The Morgan fingerprint density at radius 1 is 0.583 bits per heavy atom. The highest BCUT2D eigenvalue weighted by atomic mass is 16.3. The molecular weight excluding hydrogens is 729 g/mol. The molecule has 0 radical (unpaired) electrons. The van der Waals surface area contributed by atoms with Gasteiger partial charge in [0.05, 0.1) is 22.1 Å². The maximum absolute atomic E-state index is 6.91. The first-order chi connectivity index (χ1) is 29.5. The number of hydrogen-bond acceptors (Lipinski definition) is 2. The molecule has 2 aromatic heterocycles. The Morgan fingerprint density at radius 3 is 1.92 bits per heavy atom. The summed E-state index contributed by atoms with van der Waals surface area (Å²) in [6, 6.07) is 68.2. The van der Waals surface area contributed by atoms with E-state index in [0.29, 0.717) is 5.92 Å². The summed E-state index contributed by atoms with van der Waals surface area (Å²) in [4.78, 5) is 2.52. The number of fused-ring (bicyclic) bond motifs is 10. The van der Waals surface area contributed by atoms with Gasteiger partial charge in [-0.1, -0.05) is 171 Å². The number of hydrogen-bond donors (Lipinski definition) is 0. The van der Waals surface area contributed by atoms with Crippen LogP contribution in [0.25, 0.3) is 71.7 Å². The number of para-hydroxylation sites is 2. The van der Waals surface area contributed by atoms with E-state index < -0.39 is 0 Å². The first-order valence-electron chi connectivity index (χ1n) is 21.0. The van der Waals surface area contributed by atoms with Crippen LogP contribution in [0.1, 0.15) is 37.3 Å². The average Bonchev–Trinajstić information content (AvgIpc) is 3.93. The zero-order valence-corrected chi connectivity index (χ0v) is 33.6. The van der Waals surface area contributed by atoms with Gasteiger partial charge in [0.1, 0.15) is 11.2 Å². The lowest BCUT2D eigenvalue weighted by molar-refractivity contribution is 0.609.